The number of rotatable bonds is 23. The van der Waals surface area contributed by atoms with Gasteiger partial charge in [0.2, 0.25) is 25.3 Å². The van der Waals surface area contributed by atoms with Crippen LogP contribution < -0.4 is 14.9 Å². The zero-order chi connectivity index (χ0) is 68.7. The van der Waals surface area contributed by atoms with Gasteiger partial charge in [-0.25, -0.2) is 14.4 Å². The monoisotopic (exact) mass is 1330 g/mol. The van der Waals surface area contributed by atoms with Crippen LogP contribution in [0.2, 0.25) is 0 Å². The summed E-state index contributed by atoms with van der Waals surface area (Å²) in [5.41, 5.74) is -1.57. The number of carbonyl (C=O) groups is 5. The quantitative estimate of drug-likeness (QED) is 0.00751. The number of ether oxygens (including phenoxy) is 10. The van der Waals surface area contributed by atoms with Gasteiger partial charge in [-0.05, 0) is 65.7 Å². The Kier molecular flexibility index (Phi) is 22.2. The molecular weight excluding hydrogens is 1270 g/mol. The molecule has 3 aromatic rings. The first-order chi connectivity index (χ1) is 44.4. The Bertz CT molecular complexity index is 3670. The molecule has 3 saturated heterocycles. The van der Waals surface area contributed by atoms with Gasteiger partial charge in [0.25, 0.3) is 0 Å². The number of hydrogen-bond donors (Lipinski definition) is 18. The molecule has 0 saturated carbocycles. The van der Waals surface area contributed by atoms with Crippen LogP contribution in [-0.4, -0.2) is 257 Å². The van der Waals surface area contributed by atoms with Gasteiger partial charge in [0, 0.05) is 23.8 Å². The summed E-state index contributed by atoms with van der Waals surface area (Å²) in [6, 6.07) is 11.2. The SMILES string of the molecule is O=C(C=Cc1ccc(O)c(O)c1)O[C@H]1[C@H](O[C@H]2[C@H](Oc3cc4c(=O)cc(O[C@@H]5O[C@@H](COC(=[OH+])C=Cc6ccc(O)c(O)c6)[C@@H](O)[C@H](O)[C@@H]5O)cc-4oc3-c3cc(O)c(O)c(O)c3)O[C@H](COC(=O)CC(=O)O[C@@H](C(=O)O)[C@H](O)C(=O)O)[C@H](O)[C@@H]2O)O[C@H](CO)[C@@H](O)[C@@H]1O. The van der Waals surface area contributed by atoms with Crippen LogP contribution in [0.5, 0.6) is 51.7 Å². The van der Waals surface area contributed by atoms with E-state index in [2.05, 4.69) is 4.74 Å². The van der Waals surface area contributed by atoms with Crippen LogP contribution in [0.1, 0.15) is 17.5 Å². The molecule has 19 N–H and O–H groups in total. The zero-order valence-electron chi connectivity index (χ0n) is 47.7. The van der Waals surface area contributed by atoms with E-state index in [0.717, 1.165) is 66.8 Å². The Balaban J connectivity index is 1.13. The first-order valence-electron chi connectivity index (χ1n) is 27.4. The van der Waals surface area contributed by atoms with Gasteiger partial charge in [0.1, 0.15) is 79.5 Å². The molecule has 8 rings (SSSR count). The molecule has 3 aromatic carbocycles. The Morgan fingerprint density at radius 3 is 1.73 bits per heavy atom. The van der Waals surface area contributed by atoms with Crippen molar-refractivity contribution in [3.8, 4) is 74.4 Å². The maximum Gasteiger partial charge on any atom is 0.510 e. The summed E-state index contributed by atoms with van der Waals surface area (Å²) >= 11 is 0. The van der Waals surface area contributed by atoms with Crippen LogP contribution in [0, 0.1) is 0 Å². The number of aliphatic hydroxyl groups excluding tert-OH is 9. The first-order valence-corrected chi connectivity index (χ1v) is 27.4. The summed E-state index contributed by atoms with van der Waals surface area (Å²) in [4.78, 5) is 86.1. The van der Waals surface area contributed by atoms with E-state index in [0.29, 0.717) is 5.56 Å². The number of carboxylic acids is 2. The number of phenolic OH excluding ortho intramolecular Hbond substituents is 7. The van der Waals surface area contributed by atoms with Crippen molar-refractivity contribution >= 4 is 48.0 Å². The molecule has 3 fully saturated rings. The van der Waals surface area contributed by atoms with Crippen LogP contribution >= 0.6 is 0 Å². The average Bonchev–Trinajstić information content (AvgIpc) is 0.768. The van der Waals surface area contributed by atoms with Crippen molar-refractivity contribution in [1.29, 1.82) is 0 Å². The van der Waals surface area contributed by atoms with Crippen molar-refractivity contribution < 1.29 is 172 Å². The van der Waals surface area contributed by atoms with E-state index in [1.165, 1.54) is 24.3 Å². The lowest BCUT2D eigenvalue weighted by Gasteiger charge is -2.46. The van der Waals surface area contributed by atoms with Crippen molar-refractivity contribution in [2.45, 2.75) is 111 Å². The molecule has 4 heterocycles. The Morgan fingerprint density at radius 2 is 1.14 bits per heavy atom. The molecule has 5 aliphatic rings. The van der Waals surface area contributed by atoms with Gasteiger partial charge in [-0.1, -0.05) is 12.1 Å². The largest absolute Gasteiger partial charge is 0.510 e. The molecule has 1 aliphatic carbocycles. The molecule has 0 bridgehead atoms. The molecule has 506 valence electrons. The predicted octanol–water partition coefficient (Wildman–Crippen LogP) is -3.58. The van der Waals surface area contributed by atoms with Crippen molar-refractivity contribution in [2.75, 3.05) is 19.8 Å². The minimum Gasteiger partial charge on any atom is -0.504 e. The topological polar surface area (TPSA) is 593 Å². The lowest BCUT2D eigenvalue weighted by Crippen LogP contribution is -2.65. The van der Waals surface area contributed by atoms with E-state index >= 15 is 0 Å². The second-order valence-electron chi connectivity index (χ2n) is 20.8. The fourth-order valence-electron chi connectivity index (χ4n) is 9.31. The van der Waals surface area contributed by atoms with E-state index in [9.17, 15) is 120 Å². The van der Waals surface area contributed by atoms with Crippen molar-refractivity contribution in [1.82, 2.24) is 0 Å². The van der Waals surface area contributed by atoms with Gasteiger partial charge < -0.3 is 148 Å². The lowest BCUT2D eigenvalue weighted by atomic mass is 9.97. The van der Waals surface area contributed by atoms with Gasteiger partial charge >= 0.3 is 35.8 Å². The van der Waals surface area contributed by atoms with Crippen molar-refractivity contribution in [2.24, 2.45) is 0 Å². The molecule has 4 aliphatic heterocycles. The number of carbonyl (C=O) groups excluding carboxylic acids is 4. The van der Waals surface area contributed by atoms with Crippen LogP contribution in [0.3, 0.4) is 0 Å². The molecule has 17 atom stereocenters. The third kappa shape index (κ3) is 16.3. The molecule has 94 heavy (non-hydrogen) atoms. The number of fused-ring (bicyclic) bond motifs is 1. The second-order valence-corrected chi connectivity index (χ2v) is 20.8. The third-order valence-corrected chi connectivity index (χ3v) is 14.3. The summed E-state index contributed by atoms with van der Waals surface area (Å²) in [6.07, 6.45) is -34.6. The number of aliphatic carboxylic acids is 2. The second kappa shape index (κ2) is 29.8. The molecule has 0 amide bonds. The summed E-state index contributed by atoms with van der Waals surface area (Å²) in [7, 11) is 0. The summed E-state index contributed by atoms with van der Waals surface area (Å²) in [5.74, 6) is -17.3. The number of phenols is 7. The highest BCUT2D eigenvalue weighted by atomic mass is 16.8. The zero-order valence-corrected chi connectivity index (χ0v) is 47.7. The predicted molar refractivity (Wildman–Crippen MR) is 300 cm³/mol. The van der Waals surface area contributed by atoms with Gasteiger partial charge in [0.05, 0.1) is 18.2 Å². The number of benzene rings is 4. The van der Waals surface area contributed by atoms with Gasteiger partial charge in [-0.3, -0.25) is 14.4 Å². The van der Waals surface area contributed by atoms with E-state index in [-0.39, 0.29) is 5.56 Å². The van der Waals surface area contributed by atoms with E-state index in [1.54, 1.807) is 0 Å². The van der Waals surface area contributed by atoms with E-state index < -0.39 is 246 Å². The Hall–Kier alpha value is -9.93. The third-order valence-electron chi connectivity index (χ3n) is 14.3. The first kappa shape index (κ1) is 69.9. The van der Waals surface area contributed by atoms with Crippen LogP contribution in [0.4, 0.5) is 0 Å². The smallest absolute Gasteiger partial charge is 0.504 e. The number of esters is 4. The molecule has 36 nitrogen and oxygen atoms in total. The average molecular weight is 1330 g/mol. The number of carboxylic acid groups (broad SMARTS) is 2. The molecule has 0 unspecified atom stereocenters. The highest BCUT2D eigenvalue weighted by molar-refractivity contribution is 5.93. The highest BCUT2D eigenvalue weighted by Gasteiger charge is 2.54. The van der Waals surface area contributed by atoms with Gasteiger partial charge in [0.15, 0.2) is 87.9 Å². The fourth-order valence-corrected chi connectivity index (χ4v) is 9.31. The Morgan fingerprint density at radius 1 is 0.574 bits per heavy atom. The normalized spacial score (nSPS) is 26.8. The summed E-state index contributed by atoms with van der Waals surface area (Å²) < 4.78 is 61.6. The molecule has 0 radical (unpaired) electrons. The maximum atomic E-state index is 14.2. The maximum absolute atomic E-state index is 14.2. The van der Waals surface area contributed by atoms with Crippen molar-refractivity contribution in [3.05, 3.63) is 100 Å². The van der Waals surface area contributed by atoms with Gasteiger partial charge in [-0.15, -0.1) is 0 Å². The minimum atomic E-state index is -2.81. The van der Waals surface area contributed by atoms with E-state index in [4.69, 9.17) is 52.2 Å². The van der Waals surface area contributed by atoms with Crippen molar-refractivity contribution in [3.63, 3.8) is 0 Å². The summed E-state index contributed by atoms with van der Waals surface area (Å²) in [5, 5.41) is 187. The fraction of sp³-hybridized carbons (Fsp3) is 0.362. The van der Waals surface area contributed by atoms with Crippen LogP contribution in [0.15, 0.2) is 88.1 Å². The molecule has 0 spiro atoms. The number of aromatic hydroxyl groups is 7. The van der Waals surface area contributed by atoms with E-state index in [1.807, 2.05) is 0 Å². The van der Waals surface area contributed by atoms with Crippen LogP contribution in [-0.2, 0) is 61.9 Å². The number of aliphatic hydroxyl groups is 9. The Labute approximate surface area is 524 Å². The number of hydrogen-bond acceptors (Lipinski definition) is 33. The lowest BCUT2D eigenvalue weighted by molar-refractivity contribution is -0.358. The molecule has 0 aromatic heterocycles. The highest BCUT2D eigenvalue weighted by Crippen LogP contribution is 2.45. The van der Waals surface area contributed by atoms with Crippen LogP contribution in [0.25, 0.3) is 34.8 Å². The minimum absolute atomic E-state index is 0.114. The molecule has 36 heteroatoms. The standard InChI is InChI=1S/C58H58O36/c59-17-34-42(72)46(76)52(92-38(68)8-4-21-2-6-26(61)29(64)10-21)58(89-34)94-53-47(77)44(74)36(19-85-39(69)16-40(70)93-51(55(82)83)49(79)54(80)81)91-57(53)88-33-15-24-27(62)13-23(14-32(24)87-50(33)22-11-30(65)41(71)31(66)12-22)86-56-48(78)45(75)43(73)35(90-56)18-84-37(67)7-3-20-1-5-25(60)28(63)9-20/h1-15,34-36,42-49,51-53,56-61,63-66,71-79H,16-19H2,(H,80,81)(H,82,83)/p+1/t34-,35+,36-,42-,43-,44+,45+,46+,47+,48+,49+,51-,52-,53-,56-,57-,58+/m1/s1. The molecular formula is C58H59O36+. The summed E-state index contributed by atoms with van der Waals surface area (Å²) in [6.45, 7) is -3.01. The van der Waals surface area contributed by atoms with Gasteiger partial charge in [-0.2, -0.15) is 0 Å².